The summed E-state index contributed by atoms with van der Waals surface area (Å²) in [5.41, 5.74) is 1.08. The van der Waals surface area contributed by atoms with Gasteiger partial charge >= 0.3 is 0 Å². The highest BCUT2D eigenvalue weighted by atomic mass is 35.5. The zero-order chi connectivity index (χ0) is 9.97. The Morgan fingerprint density at radius 1 is 1.57 bits per heavy atom. The molecule has 0 amide bonds. The van der Waals surface area contributed by atoms with Crippen LogP contribution in [0.3, 0.4) is 0 Å². The van der Waals surface area contributed by atoms with E-state index in [-0.39, 0.29) is 0 Å². The minimum absolute atomic E-state index is 0.529. The average Bonchev–Trinajstić information content (AvgIpc) is 2.85. The van der Waals surface area contributed by atoms with Gasteiger partial charge in [-0.2, -0.15) is 0 Å². The zero-order valence-electron chi connectivity index (χ0n) is 7.79. The Hall–Kier alpha value is -0.800. The van der Waals surface area contributed by atoms with Gasteiger partial charge in [0.25, 0.3) is 0 Å². The fourth-order valence-electron chi connectivity index (χ4n) is 1.27. The van der Waals surface area contributed by atoms with Crippen LogP contribution in [-0.2, 0) is 12.3 Å². The van der Waals surface area contributed by atoms with Crippen molar-refractivity contribution in [3.63, 3.8) is 0 Å². The van der Waals surface area contributed by atoms with Crippen LogP contribution in [0.4, 0.5) is 0 Å². The van der Waals surface area contributed by atoms with Crippen molar-refractivity contribution >= 4 is 22.9 Å². The van der Waals surface area contributed by atoms with Gasteiger partial charge in [-0.1, -0.05) is 6.92 Å². The van der Waals surface area contributed by atoms with E-state index < -0.39 is 0 Å². The summed E-state index contributed by atoms with van der Waals surface area (Å²) in [7, 11) is 0. The number of nitrogens with zero attached hydrogens (tertiary/aromatic N) is 1. The summed E-state index contributed by atoms with van der Waals surface area (Å²) < 4.78 is 5.28. The minimum Gasteiger partial charge on any atom is -0.462 e. The summed E-state index contributed by atoms with van der Waals surface area (Å²) in [6, 6.07) is 3.78. The molecule has 2 nitrogen and oxygen atoms in total. The number of thiazole rings is 1. The van der Waals surface area contributed by atoms with Gasteiger partial charge in [0.1, 0.15) is 0 Å². The van der Waals surface area contributed by atoms with Crippen LogP contribution < -0.4 is 0 Å². The van der Waals surface area contributed by atoms with Crippen molar-refractivity contribution in [3.05, 3.63) is 29.0 Å². The van der Waals surface area contributed by atoms with Gasteiger partial charge in [-0.05, 0) is 18.6 Å². The highest BCUT2D eigenvalue weighted by Crippen LogP contribution is 2.29. The SMILES string of the molecule is CCc1nc(-c2ccco2)sc1CCl. The number of alkyl halides is 1. The van der Waals surface area contributed by atoms with Gasteiger partial charge in [-0.15, -0.1) is 22.9 Å². The lowest BCUT2D eigenvalue weighted by Gasteiger charge is -1.89. The van der Waals surface area contributed by atoms with E-state index >= 15 is 0 Å². The number of rotatable bonds is 3. The van der Waals surface area contributed by atoms with E-state index in [2.05, 4.69) is 11.9 Å². The Labute approximate surface area is 91.5 Å². The summed E-state index contributed by atoms with van der Waals surface area (Å²) in [5.74, 6) is 1.35. The van der Waals surface area contributed by atoms with Crippen molar-refractivity contribution in [2.24, 2.45) is 0 Å². The molecule has 2 aromatic heterocycles. The second-order valence-electron chi connectivity index (χ2n) is 2.85. The van der Waals surface area contributed by atoms with Crippen LogP contribution in [0.25, 0.3) is 10.8 Å². The molecule has 0 unspecified atom stereocenters. The monoisotopic (exact) mass is 227 g/mol. The van der Waals surface area contributed by atoms with E-state index in [0.29, 0.717) is 5.88 Å². The van der Waals surface area contributed by atoms with Crippen molar-refractivity contribution in [1.29, 1.82) is 0 Å². The first-order chi connectivity index (χ1) is 6.85. The molecule has 2 rings (SSSR count). The van der Waals surface area contributed by atoms with Crippen molar-refractivity contribution in [3.8, 4) is 10.8 Å². The van der Waals surface area contributed by atoms with E-state index in [1.807, 2.05) is 12.1 Å². The lowest BCUT2D eigenvalue weighted by Crippen LogP contribution is -1.84. The molecule has 0 fully saturated rings. The van der Waals surface area contributed by atoms with Crippen LogP contribution in [0.1, 0.15) is 17.5 Å². The largest absolute Gasteiger partial charge is 0.462 e. The molecule has 0 aromatic carbocycles. The number of halogens is 1. The third-order valence-electron chi connectivity index (χ3n) is 1.97. The summed E-state index contributed by atoms with van der Waals surface area (Å²) >= 11 is 7.43. The predicted molar refractivity (Wildman–Crippen MR) is 58.8 cm³/mol. The molecule has 0 aliphatic heterocycles. The van der Waals surface area contributed by atoms with Gasteiger partial charge in [0.15, 0.2) is 10.8 Å². The highest BCUT2D eigenvalue weighted by Gasteiger charge is 2.11. The second-order valence-corrected chi connectivity index (χ2v) is 4.20. The van der Waals surface area contributed by atoms with Gasteiger partial charge in [-0.25, -0.2) is 4.98 Å². The molecule has 0 radical (unpaired) electrons. The smallest absolute Gasteiger partial charge is 0.162 e. The summed E-state index contributed by atoms with van der Waals surface area (Å²) in [6.07, 6.45) is 2.57. The molecule has 2 heterocycles. The first-order valence-electron chi connectivity index (χ1n) is 4.43. The number of aromatic nitrogens is 1. The molecule has 0 bridgehead atoms. The Morgan fingerprint density at radius 3 is 2.93 bits per heavy atom. The summed E-state index contributed by atoms with van der Waals surface area (Å²) in [5, 5.41) is 0.919. The molecular formula is C10H10ClNOS. The van der Waals surface area contributed by atoms with Crippen LogP contribution in [0.2, 0.25) is 0 Å². The van der Waals surface area contributed by atoms with E-state index in [4.69, 9.17) is 16.0 Å². The van der Waals surface area contributed by atoms with Crippen LogP contribution in [-0.4, -0.2) is 4.98 Å². The highest BCUT2D eigenvalue weighted by molar-refractivity contribution is 7.15. The van der Waals surface area contributed by atoms with Gasteiger partial charge in [0, 0.05) is 4.88 Å². The molecule has 0 saturated carbocycles. The normalized spacial score (nSPS) is 10.7. The minimum atomic E-state index is 0.529. The van der Waals surface area contributed by atoms with Crippen molar-refractivity contribution in [2.75, 3.05) is 0 Å². The van der Waals surface area contributed by atoms with Crippen LogP contribution in [0, 0.1) is 0 Å². The fraction of sp³-hybridized carbons (Fsp3) is 0.300. The molecule has 0 N–H and O–H groups in total. The predicted octanol–water partition coefficient (Wildman–Crippen LogP) is 3.70. The Kier molecular flexibility index (Phi) is 2.89. The average molecular weight is 228 g/mol. The number of hydrogen-bond donors (Lipinski definition) is 0. The topological polar surface area (TPSA) is 26.0 Å². The third-order valence-corrected chi connectivity index (χ3v) is 3.50. The standard InChI is InChI=1S/C10H10ClNOS/c1-2-7-9(6-11)14-10(12-7)8-4-3-5-13-8/h3-5H,2,6H2,1H3. The maximum Gasteiger partial charge on any atom is 0.162 e. The maximum atomic E-state index is 5.83. The molecule has 0 aliphatic rings. The van der Waals surface area contributed by atoms with Crippen molar-refractivity contribution in [2.45, 2.75) is 19.2 Å². The fourth-order valence-corrected chi connectivity index (χ4v) is 2.56. The Bertz CT molecular complexity index is 386. The molecule has 2 aromatic rings. The van der Waals surface area contributed by atoms with E-state index in [1.165, 1.54) is 0 Å². The molecule has 0 aliphatic carbocycles. The van der Waals surface area contributed by atoms with Crippen molar-refractivity contribution < 1.29 is 4.42 Å². The Morgan fingerprint density at radius 2 is 2.43 bits per heavy atom. The third kappa shape index (κ3) is 1.70. The van der Waals surface area contributed by atoms with Gasteiger partial charge < -0.3 is 4.42 Å². The first-order valence-corrected chi connectivity index (χ1v) is 5.78. The van der Waals surface area contributed by atoms with E-state index in [9.17, 15) is 0 Å². The quantitative estimate of drug-likeness (QED) is 0.748. The van der Waals surface area contributed by atoms with E-state index in [1.54, 1.807) is 17.6 Å². The lowest BCUT2D eigenvalue weighted by atomic mass is 10.3. The molecule has 4 heteroatoms. The van der Waals surface area contributed by atoms with Crippen LogP contribution in [0.15, 0.2) is 22.8 Å². The molecule has 14 heavy (non-hydrogen) atoms. The molecule has 74 valence electrons. The lowest BCUT2D eigenvalue weighted by molar-refractivity contribution is 0.581. The number of aryl methyl sites for hydroxylation is 1. The first kappa shape index (κ1) is 9.74. The van der Waals surface area contributed by atoms with Gasteiger partial charge in [-0.3, -0.25) is 0 Å². The summed E-state index contributed by atoms with van der Waals surface area (Å²) in [6.45, 7) is 2.08. The summed E-state index contributed by atoms with van der Waals surface area (Å²) in [4.78, 5) is 5.62. The van der Waals surface area contributed by atoms with Crippen LogP contribution >= 0.6 is 22.9 Å². The number of hydrogen-bond acceptors (Lipinski definition) is 3. The Balaban J connectivity index is 2.41. The van der Waals surface area contributed by atoms with Gasteiger partial charge in [0.05, 0.1) is 17.8 Å². The molecule has 0 saturated heterocycles. The van der Waals surface area contributed by atoms with Crippen molar-refractivity contribution in [1.82, 2.24) is 4.98 Å². The van der Waals surface area contributed by atoms with E-state index in [0.717, 1.165) is 27.8 Å². The van der Waals surface area contributed by atoms with Crippen LogP contribution in [0.5, 0.6) is 0 Å². The molecule has 0 atom stereocenters. The molecular weight excluding hydrogens is 218 g/mol. The number of furan rings is 1. The molecule has 0 spiro atoms. The second kappa shape index (κ2) is 4.15. The maximum absolute atomic E-state index is 5.83. The van der Waals surface area contributed by atoms with Gasteiger partial charge in [0.2, 0.25) is 0 Å². The zero-order valence-corrected chi connectivity index (χ0v) is 9.36.